The summed E-state index contributed by atoms with van der Waals surface area (Å²) in [5, 5.41) is 3.12. The number of nitrogens with two attached hydrogens (primary N) is 1. The Kier molecular flexibility index (Phi) is 5.22. The van der Waals surface area contributed by atoms with Gasteiger partial charge in [0.2, 0.25) is 5.91 Å². The molecule has 1 aliphatic carbocycles. The lowest BCUT2D eigenvalue weighted by Crippen LogP contribution is -2.53. The Hall–Kier alpha value is -0.610. The predicted molar refractivity (Wildman–Crippen MR) is 64.1 cm³/mol. The summed E-state index contributed by atoms with van der Waals surface area (Å²) in [7, 11) is 0. The summed E-state index contributed by atoms with van der Waals surface area (Å²) in [5.74, 6) is 0.594. The fourth-order valence-corrected chi connectivity index (χ4v) is 1.72. The first-order valence-corrected chi connectivity index (χ1v) is 6.21. The number of hydrogen-bond acceptors (Lipinski definition) is 3. The lowest BCUT2D eigenvalue weighted by molar-refractivity contribution is -0.124. The van der Waals surface area contributed by atoms with Crippen LogP contribution in [0.1, 0.15) is 39.5 Å². The molecule has 0 aromatic heterocycles. The molecule has 0 saturated heterocycles. The summed E-state index contributed by atoms with van der Waals surface area (Å²) in [4.78, 5) is 11.3. The Balaban J connectivity index is 2.12. The van der Waals surface area contributed by atoms with E-state index in [9.17, 15) is 4.79 Å². The molecule has 1 atom stereocenters. The third-order valence-electron chi connectivity index (χ3n) is 3.22. The van der Waals surface area contributed by atoms with E-state index in [0.29, 0.717) is 13.0 Å². The van der Waals surface area contributed by atoms with E-state index in [1.165, 1.54) is 12.8 Å². The van der Waals surface area contributed by atoms with Gasteiger partial charge in [0.1, 0.15) is 0 Å². The highest BCUT2D eigenvalue weighted by Crippen LogP contribution is 2.32. The third-order valence-corrected chi connectivity index (χ3v) is 3.22. The molecule has 16 heavy (non-hydrogen) atoms. The summed E-state index contributed by atoms with van der Waals surface area (Å²) in [5.41, 5.74) is 4.74. The van der Waals surface area contributed by atoms with Crippen molar-refractivity contribution < 1.29 is 9.53 Å². The highest BCUT2D eigenvalue weighted by molar-refractivity contribution is 5.84. The molecular weight excluding hydrogens is 204 g/mol. The fourth-order valence-electron chi connectivity index (χ4n) is 1.72. The van der Waals surface area contributed by atoms with Crippen LogP contribution in [-0.4, -0.2) is 31.2 Å². The van der Waals surface area contributed by atoms with Crippen LogP contribution in [0.15, 0.2) is 0 Å². The van der Waals surface area contributed by atoms with E-state index in [-0.39, 0.29) is 5.91 Å². The summed E-state index contributed by atoms with van der Waals surface area (Å²) in [6.45, 7) is 5.95. The van der Waals surface area contributed by atoms with Gasteiger partial charge in [-0.3, -0.25) is 4.79 Å². The molecule has 4 nitrogen and oxygen atoms in total. The molecular formula is C12H24N2O2. The smallest absolute Gasteiger partial charge is 0.237 e. The van der Waals surface area contributed by atoms with Gasteiger partial charge in [0.25, 0.3) is 0 Å². The molecule has 0 heterocycles. The van der Waals surface area contributed by atoms with Crippen molar-refractivity contribution in [2.45, 2.75) is 45.1 Å². The molecule has 94 valence electrons. The number of carbonyl (C=O) groups excluding carboxylic acids is 1. The molecule has 0 spiro atoms. The second-order valence-electron chi connectivity index (χ2n) is 4.82. The molecule has 1 rings (SSSR count). The summed E-state index contributed by atoms with van der Waals surface area (Å²) >= 11 is 0. The van der Waals surface area contributed by atoms with Crippen LogP contribution in [0, 0.1) is 5.92 Å². The Morgan fingerprint density at radius 2 is 2.19 bits per heavy atom. The minimum absolute atomic E-state index is 0.305. The first kappa shape index (κ1) is 13.5. The molecule has 0 aliphatic heterocycles. The average Bonchev–Trinajstić information content (AvgIpc) is 3.01. The zero-order valence-corrected chi connectivity index (χ0v) is 10.4. The normalized spacial score (nSPS) is 19.4. The van der Waals surface area contributed by atoms with Crippen molar-refractivity contribution in [1.82, 2.24) is 5.32 Å². The van der Waals surface area contributed by atoms with E-state index in [4.69, 9.17) is 10.5 Å². The number of amides is 1. The quantitative estimate of drug-likeness (QED) is 0.580. The van der Waals surface area contributed by atoms with E-state index >= 15 is 0 Å². The van der Waals surface area contributed by atoms with Gasteiger partial charge in [-0.05, 0) is 32.2 Å². The van der Waals surface area contributed by atoms with Gasteiger partial charge in [0.15, 0.2) is 0 Å². The van der Waals surface area contributed by atoms with Crippen molar-refractivity contribution in [2.24, 2.45) is 11.7 Å². The number of nitrogens with one attached hydrogen (secondary N) is 1. The maximum Gasteiger partial charge on any atom is 0.237 e. The van der Waals surface area contributed by atoms with Gasteiger partial charge in [-0.1, -0.05) is 19.8 Å². The first-order valence-electron chi connectivity index (χ1n) is 6.21. The Bertz CT molecular complexity index is 229. The highest BCUT2D eigenvalue weighted by Gasteiger charge is 2.29. The van der Waals surface area contributed by atoms with Crippen LogP contribution in [0.5, 0.6) is 0 Å². The van der Waals surface area contributed by atoms with Crippen LogP contribution in [0.3, 0.4) is 0 Å². The van der Waals surface area contributed by atoms with Gasteiger partial charge >= 0.3 is 0 Å². The molecule has 1 fully saturated rings. The van der Waals surface area contributed by atoms with Gasteiger partial charge in [0, 0.05) is 13.2 Å². The molecule has 0 aromatic carbocycles. The second-order valence-corrected chi connectivity index (χ2v) is 4.82. The fraction of sp³-hybridized carbons (Fsp3) is 0.917. The average molecular weight is 228 g/mol. The molecule has 1 aliphatic rings. The van der Waals surface area contributed by atoms with Crippen LogP contribution in [-0.2, 0) is 9.53 Å². The van der Waals surface area contributed by atoms with Crippen molar-refractivity contribution in [3.63, 3.8) is 0 Å². The topological polar surface area (TPSA) is 64.3 Å². The Morgan fingerprint density at radius 3 is 2.69 bits per heavy atom. The minimum Gasteiger partial charge on any atom is -0.381 e. The summed E-state index contributed by atoms with van der Waals surface area (Å²) in [6, 6.07) is 0. The van der Waals surface area contributed by atoms with E-state index in [0.717, 1.165) is 25.5 Å². The van der Waals surface area contributed by atoms with Crippen LogP contribution >= 0.6 is 0 Å². The van der Waals surface area contributed by atoms with Gasteiger partial charge in [-0.25, -0.2) is 0 Å². The highest BCUT2D eigenvalue weighted by atomic mass is 16.5. The van der Waals surface area contributed by atoms with Crippen LogP contribution in [0.2, 0.25) is 0 Å². The van der Waals surface area contributed by atoms with Crippen molar-refractivity contribution in [1.29, 1.82) is 0 Å². The number of likely N-dealkylation sites (N-methyl/N-ethyl adjacent to an activating group) is 1. The maximum atomic E-state index is 11.3. The summed E-state index contributed by atoms with van der Waals surface area (Å²) in [6.07, 6.45) is 4.52. The van der Waals surface area contributed by atoms with Crippen molar-refractivity contribution in [2.75, 3.05) is 19.8 Å². The number of rotatable bonds is 9. The molecule has 1 amide bonds. The van der Waals surface area contributed by atoms with E-state index < -0.39 is 5.54 Å². The van der Waals surface area contributed by atoms with Gasteiger partial charge in [-0.2, -0.15) is 0 Å². The zero-order chi connectivity index (χ0) is 12.0. The molecule has 3 N–H and O–H groups in total. The van der Waals surface area contributed by atoms with Gasteiger partial charge in [0.05, 0.1) is 5.54 Å². The Labute approximate surface area is 97.9 Å². The van der Waals surface area contributed by atoms with Crippen molar-refractivity contribution in [3.8, 4) is 0 Å². The molecule has 0 bridgehead atoms. The molecule has 0 radical (unpaired) electrons. The lowest BCUT2D eigenvalue weighted by Gasteiger charge is -2.26. The SMILES string of the molecule is CCNC(C)(CCOCCC1CC1)C(N)=O. The minimum atomic E-state index is -0.631. The van der Waals surface area contributed by atoms with Gasteiger partial charge < -0.3 is 15.8 Å². The largest absolute Gasteiger partial charge is 0.381 e. The van der Waals surface area contributed by atoms with Crippen molar-refractivity contribution >= 4 is 5.91 Å². The van der Waals surface area contributed by atoms with E-state index in [1.807, 2.05) is 13.8 Å². The standard InChI is InChI=1S/C12H24N2O2/c1-3-14-12(2,11(13)15)7-9-16-8-6-10-4-5-10/h10,14H,3-9H2,1-2H3,(H2,13,15). The second kappa shape index (κ2) is 6.21. The number of primary amides is 1. The number of ether oxygens (including phenoxy) is 1. The van der Waals surface area contributed by atoms with Crippen LogP contribution in [0.4, 0.5) is 0 Å². The first-order chi connectivity index (χ1) is 7.58. The van der Waals surface area contributed by atoms with Crippen LogP contribution < -0.4 is 11.1 Å². The summed E-state index contributed by atoms with van der Waals surface area (Å²) < 4.78 is 5.53. The number of carbonyl (C=O) groups is 1. The van der Waals surface area contributed by atoms with Crippen molar-refractivity contribution in [3.05, 3.63) is 0 Å². The zero-order valence-electron chi connectivity index (χ0n) is 10.4. The van der Waals surface area contributed by atoms with Gasteiger partial charge in [-0.15, -0.1) is 0 Å². The number of hydrogen-bond donors (Lipinski definition) is 2. The maximum absolute atomic E-state index is 11.3. The predicted octanol–water partition coefficient (Wildman–Crippen LogP) is 1.05. The molecule has 1 unspecified atom stereocenters. The molecule has 0 aromatic rings. The van der Waals surface area contributed by atoms with E-state index in [1.54, 1.807) is 0 Å². The molecule has 4 heteroatoms. The van der Waals surface area contributed by atoms with E-state index in [2.05, 4.69) is 5.32 Å². The Morgan fingerprint density at radius 1 is 1.50 bits per heavy atom. The molecule has 1 saturated carbocycles. The third kappa shape index (κ3) is 4.49. The lowest BCUT2D eigenvalue weighted by atomic mass is 9.97. The van der Waals surface area contributed by atoms with Crippen LogP contribution in [0.25, 0.3) is 0 Å². The monoisotopic (exact) mass is 228 g/mol.